The van der Waals surface area contributed by atoms with Crippen LogP contribution in [0.1, 0.15) is 17.6 Å². The van der Waals surface area contributed by atoms with Crippen LogP contribution < -0.4 is 11.5 Å². The average molecular weight is 185 g/mol. The van der Waals surface area contributed by atoms with E-state index in [1.54, 1.807) is 0 Å². The highest BCUT2D eigenvalue weighted by atomic mass is 19.3. The van der Waals surface area contributed by atoms with E-state index in [2.05, 4.69) is 0 Å². The highest BCUT2D eigenvalue weighted by Crippen LogP contribution is 2.22. The fourth-order valence-electron chi connectivity index (χ4n) is 0.958. The average Bonchev–Trinajstić information content (AvgIpc) is 2.03. The van der Waals surface area contributed by atoms with Gasteiger partial charge in [-0.2, -0.15) is 0 Å². The standard InChI is InChI=1S/C8H9F2N3/c9-7(10)4-1-5(8(12)13)3-6(11)2-4/h1-3,7H,11H2,(H3,12,13). The second kappa shape index (κ2) is 3.38. The highest BCUT2D eigenvalue weighted by Gasteiger charge is 2.09. The lowest BCUT2D eigenvalue weighted by Gasteiger charge is -2.04. The summed E-state index contributed by atoms with van der Waals surface area (Å²) in [5, 5.41) is 7.05. The summed E-state index contributed by atoms with van der Waals surface area (Å²) >= 11 is 0. The molecule has 0 saturated heterocycles. The molecule has 0 unspecified atom stereocenters. The molecule has 1 aromatic carbocycles. The fourth-order valence-corrected chi connectivity index (χ4v) is 0.958. The first-order chi connectivity index (χ1) is 6.00. The van der Waals surface area contributed by atoms with Gasteiger partial charge in [0.25, 0.3) is 6.43 Å². The van der Waals surface area contributed by atoms with Gasteiger partial charge in [-0.05, 0) is 18.2 Å². The number of benzene rings is 1. The molecular weight excluding hydrogens is 176 g/mol. The molecule has 3 nitrogen and oxygen atoms in total. The summed E-state index contributed by atoms with van der Waals surface area (Å²) < 4.78 is 24.4. The van der Waals surface area contributed by atoms with Crippen LogP contribution in [0.25, 0.3) is 0 Å². The third-order valence-corrected chi connectivity index (χ3v) is 1.54. The van der Waals surface area contributed by atoms with Crippen molar-refractivity contribution in [1.29, 1.82) is 5.41 Å². The van der Waals surface area contributed by atoms with Crippen LogP contribution in [0.15, 0.2) is 18.2 Å². The van der Waals surface area contributed by atoms with Crippen molar-refractivity contribution in [2.24, 2.45) is 5.73 Å². The van der Waals surface area contributed by atoms with Crippen molar-refractivity contribution in [3.05, 3.63) is 29.3 Å². The molecule has 0 atom stereocenters. The van der Waals surface area contributed by atoms with E-state index in [0.717, 1.165) is 12.1 Å². The van der Waals surface area contributed by atoms with Gasteiger partial charge in [-0.15, -0.1) is 0 Å². The van der Waals surface area contributed by atoms with Crippen molar-refractivity contribution < 1.29 is 8.78 Å². The van der Waals surface area contributed by atoms with Gasteiger partial charge in [0.2, 0.25) is 0 Å². The van der Waals surface area contributed by atoms with Crippen molar-refractivity contribution >= 4 is 11.5 Å². The Bertz CT molecular complexity index is 336. The Hall–Kier alpha value is -1.65. The second-order valence-electron chi connectivity index (χ2n) is 2.60. The van der Waals surface area contributed by atoms with E-state index >= 15 is 0 Å². The summed E-state index contributed by atoms with van der Waals surface area (Å²) in [5.74, 6) is -0.269. The van der Waals surface area contributed by atoms with Crippen LogP contribution in [0.2, 0.25) is 0 Å². The Morgan fingerprint density at radius 2 is 1.92 bits per heavy atom. The molecule has 1 rings (SSSR count). The molecule has 0 spiro atoms. The molecule has 13 heavy (non-hydrogen) atoms. The second-order valence-corrected chi connectivity index (χ2v) is 2.60. The highest BCUT2D eigenvalue weighted by molar-refractivity contribution is 5.95. The van der Waals surface area contributed by atoms with Gasteiger partial charge < -0.3 is 11.5 Å². The predicted molar refractivity (Wildman–Crippen MR) is 46.8 cm³/mol. The molecule has 1 aromatic rings. The first-order valence-corrected chi connectivity index (χ1v) is 3.53. The largest absolute Gasteiger partial charge is 0.399 e. The van der Waals surface area contributed by atoms with Crippen molar-refractivity contribution in [3.8, 4) is 0 Å². The molecule has 0 fully saturated rings. The lowest BCUT2D eigenvalue weighted by Crippen LogP contribution is -2.12. The maximum Gasteiger partial charge on any atom is 0.263 e. The van der Waals surface area contributed by atoms with Crippen LogP contribution in [0, 0.1) is 5.41 Å². The van der Waals surface area contributed by atoms with Crippen LogP contribution >= 0.6 is 0 Å². The smallest absolute Gasteiger partial charge is 0.263 e. The summed E-state index contributed by atoms with van der Waals surface area (Å²) in [6.07, 6.45) is -2.60. The molecule has 0 aliphatic carbocycles. The monoisotopic (exact) mass is 185 g/mol. The van der Waals surface area contributed by atoms with Gasteiger partial charge in [-0.1, -0.05) is 0 Å². The minimum Gasteiger partial charge on any atom is -0.399 e. The third kappa shape index (κ3) is 2.14. The normalized spacial score (nSPS) is 10.4. The van der Waals surface area contributed by atoms with Crippen LogP contribution in [0.4, 0.5) is 14.5 Å². The number of anilines is 1. The maximum absolute atomic E-state index is 12.2. The van der Waals surface area contributed by atoms with E-state index in [9.17, 15) is 8.78 Å². The molecule has 0 radical (unpaired) electrons. The SMILES string of the molecule is N=C(N)c1cc(N)cc(C(F)F)c1. The number of nitrogen functional groups attached to an aromatic ring is 2. The van der Waals surface area contributed by atoms with Gasteiger partial charge in [0, 0.05) is 16.8 Å². The quantitative estimate of drug-likeness (QED) is 0.371. The molecule has 0 amide bonds. The molecule has 0 aliphatic rings. The van der Waals surface area contributed by atoms with E-state index in [1.165, 1.54) is 6.07 Å². The zero-order chi connectivity index (χ0) is 10.0. The molecule has 0 aliphatic heterocycles. The van der Waals surface area contributed by atoms with Gasteiger partial charge >= 0.3 is 0 Å². The first-order valence-electron chi connectivity index (χ1n) is 3.53. The van der Waals surface area contributed by atoms with Crippen molar-refractivity contribution in [2.45, 2.75) is 6.43 Å². The topological polar surface area (TPSA) is 75.9 Å². The Labute approximate surface area is 73.9 Å². The van der Waals surface area contributed by atoms with Crippen molar-refractivity contribution in [1.82, 2.24) is 0 Å². The zero-order valence-corrected chi connectivity index (χ0v) is 6.72. The molecule has 0 aromatic heterocycles. The number of rotatable bonds is 2. The minimum atomic E-state index is -2.60. The molecule has 0 heterocycles. The molecule has 0 saturated carbocycles. The van der Waals surface area contributed by atoms with Gasteiger partial charge in [-0.3, -0.25) is 5.41 Å². The number of amidine groups is 1. The van der Waals surface area contributed by atoms with Crippen LogP contribution in [-0.4, -0.2) is 5.84 Å². The number of hydrogen-bond acceptors (Lipinski definition) is 2. The number of hydrogen-bond donors (Lipinski definition) is 3. The Balaban J connectivity index is 3.19. The lowest BCUT2D eigenvalue weighted by atomic mass is 10.1. The van der Waals surface area contributed by atoms with Gasteiger partial charge in [0.05, 0.1) is 0 Å². The summed E-state index contributed by atoms with van der Waals surface area (Å²) in [6.45, 7) is 0. The van der Waals surface area contributed by atoms with E-state index in [4.69, 9.17) is 16.9 Å². The zero-order valence-electron chi connectivity index (χ0n) is 6.72. The number of nitrogens with one attached hydrogen (secondary N) is 1. The van der Waals surface area contributed by atoms with Crippen molar-refractivity contribution in [3.63, 3.8) is 0 Å². The van der Waals surface area contributed by atoms with Crippen LogP contribution in [-0.2, 0) is 0 Å². The molecule has 0 bridgehead atoms. The number of alkyl halides is 2. The number of halogens is 2. The minimum absolute atomic E-state index is 0.183. The Kier molecular flexibility index (Phi) is 2.46. The lowest BCUT2D eigenvalue weighted by molar-refractivity contribution is 0.151. The van der Waals surface area contributed by atoms with Gasteiger partial charge in [-0.25, -0.2) is 8.78 Å². The summed E-state index contributed by atoms with van der Waals surface area (Å²) in [6, 6.07) is 3.70. The summed E-state index contributed by atoms with van der Waals surface area (Å²) in [4.78, 5) is 0. The van der Waals surface area contributed by atoms with Crippen LogP contribution in [0.3, 0.4) is 0 Å². The van der Waals surface area contributed by atoms with E-state index in [1.807, 2.05) is 0 Å². The van der Waals surface area contributed by atoms with Crippen molar-refractivity contribution in [2.75, 3.05) is 5.73 Å². The van der Waals surface area contributed by atoms with E-state index in [-0.39, 0.29) is 22.6 Å². The predicted octanol–water partition coefficient (Wildman–Crippen LogP) is 1.49. The van der Waals surface area contributed by atoms with Gasteiger partial charge in [0.15, 0.2) is 0 Å². The fraction of sp³-hybridized carbons (Fsp3) is 0.125. The Morgan fingerprint density at radius 3 is 2.38 bits per heavy atom. The number of nitrogens with two attached hydrogens (primary N) is 2. The summed E-state index contributed by atoms with van der Waals surface area (Å²) in [5.41, 5.74) is 10.7. The molecular formula is C8H9F2N3. The maximum atomic E-state index is 12.2. The van der Waals surface area contributed by atoms with Crippen LogP contribution in [0.5, 0.6) is 0 Å². The van der Waals surface area contributed by atoms with Gasteiger partial charge in [0.1, 0.15) is 5.84 Å². The molecule has 5 N–H and O–H groups in total. The van der Waals surface area contributed by atoms with E-state index < -0.39 is 6.43 Å². The first kappa shape index (κ1) is 9.44. The molecule has 70 valence electrons. The third-order valence-electron chi connectivity index (χ3n) is 1.54. The Morgan fingerprint density at radius 1 is 1.31 bits per heavy atom. The van der Waals surface area contributed by atoms with E-state index in [0.29, 0.717) is 0 Å². The summed E-state index contributed by atoms with van der Waals surface area (Å²) in [7, 11) is 0. The molecule has 5 heteroatoms.